The normalized spacial score (nSPS) is 25.8. The summed E-state index contributed by atoms with van der Waals surface area (Å²) >= 11 is 0. The Morgan fingerprint density at radius 2 is 2.43 bits per heavy atom. The zero-order valence-corrected chi connectivity index (χ0v) is 8.99. The third kappa shape index (κ3) is 3.64. The van der Waals surface area contributed by atoms with Crippen LogP contribution in [0.4, 0.5) is 0 Å². The maximum Gasteiger partial charge on any atom is 0.248 e. The van der Waals surface area contributed by atoms with E-state index in [-0.39, 0.29) is 5.91 Å². The molecular formula is C10H20N2O2. The van der Waals surface area contributed by atoms with Crippen LogP contribution in [0.5, 0.6) is 0 Å². The van der Waals surface area contributed by atoms with Gasteiger partial charge in [-0.1, -0.05) is 0 Å². The number of nitrogens with one attached hydrogen (secondary N) is 1. The van der Waals surface area contributed by atoms with E-state index < -0.39 is 6.10 Å². The Kier molecular flexibility index (Phi) is 4.35. The van der Waals surface area contributed by atoms with Crippen molar-refractivity contribution in [1.29, 1.82) is 0 Å². The summed E-state index contributed by atoms with van der Waals surface area (Å²) < 4.78 is 0. The van der Waals surface area contributed by atoms with Crippen LogP contribution in [-0.4, -0.2) is 48.7 Å². The van der Waals surface area contributed by atoms with Crippen LogP contribution in [0.3, 0.4) is 0 Å². The van der Waals surface area contributed by atoms with Gasteiger partial charge in [-0.05, 0) is 39.3 Å². The Bertz CT molecular complexity index is 195. The molecule has 0 spiro atoms. The number of aliphatic hydroxyl groups is 1. The number of nitrogens with zero attached hydrogens (tertiary/aromatic N) is 1. The molecule has 82 valence electrons. The highest BCUT2D eigenvalue weighted by Gasteiger charge is 2.18. The lowest BCUT2D eigenvalue weighted by atomic mass is 9.98. The van der Waals surface area contributed by atoms with Crippen molar-refractivity contribution in [3.63, 3.8) is 0 Å². The van der Waals surface area contributed by atoms with Gasteiger partial charge in [-0.15, -0.1) is 0 Å². The lowest BCUT2D eigenvalue weighted by Gasteiger charge is -2.29. The van der Waals surface area contributed by atoms with E-state index in [1.807, 2.05) is 0 Å². The maximum absolute atomic E-state index is 11.1. The van der Waals surface area contributed by atoms with E-state index in [0.29, 0.717) is 12.5 Å². The summed E-state index contributed by atoms with van der Waals surface area (Å²) in [5.74, 6) is 0.273. The summed E-state index contributed by atoms with van der Waals surface area (Å²) in [6.45, 7) is 4.37. The van der Waals surface area contributed by atoms with Crippen LogP contribution >= 0.6 is 0 Å². The molecule has 14 heavy (non-hydrogen) atoms. The summed E-state index contributed by atoms with van der Waals surface area (Å²) in [4.78, 5) is 13.4. The number of piperidine rings is 1. The predicted octanol–water partition coefficient (Wildman–Crippen LogP) is -0.175. The molecule has 2 N–H and O–H groups in total. The molecule has 0 aromatic rings. The van der Waals surface area contributed by atoms with Gasteiger partial charge < -0.3 is 15.3 Å². The first kappa shape index (κ1) is 11.5. The van der Waals surface area contributed by atoms with Crippen LogP contribution in [0.15, 0.2) is 0 Å². The number of aliphatic hydroxyl groups excluding tert-OH is 1. The van der Waals surface area contributed by atoms with Crippen LogP contribution < -0.4 is 5.32 Å². The first-order valence-electron chi connectivity index (χ1n) is 5.24. The largest absolute Gasteiger partial charge is 0.384 e. The minimum Gasteiger partial charge on any atom is -0.384 e. The van der Waals surface area contributed by atoms with Crippen molar-refractivity contribution >= 4 is 5.91 Å². The van der Waals surface area contributed by atoms with E-state index in [1.54, 1.807) is 0 Å². The fraction of sp³-hybridized carbons (Fsp3) is 0.900. The highest BCUT2D eigenvalue weighted by Crippen LogP contribution is 2.13. The first-order valence-corrected chi connectivity index (χ1v) is 5.24. The molecule has 1 heterocycles. The molecule has 4 heteroatoms. The zero-order valence-electron chi connectivity index (χ0n) is 8.99. The molecule has 1 rings (SSSR count). The van der Waals surface area contributed by atoms with Gasteiger partial charge in [0.2, 0.25) is 5.91 Å². The van der Waals surface area contributed by atoms with Crippen LogP contribution in [0.1, 0.15) is 19.8 Å². The fourth-order valence-corrected chi connectivity index (χ4v) is 1.83. The smallest absolute Gasteiger partial charge is 0.248 e. The van der Waals surface area contributed by atoms with Gasteiger partial charge in [0.25, 0.3) is 0 Å². The molecule has 0 bridgehead atoms. The number of likely N-dealkylation sites (tertiary alicyclic amines) is 1. The molecule has 0 aromatic heterocycles. The van der Waals surface area contributed by atoms with E-state index in [9.17, 15) is 4.79 Å². The summed E-state index contributed by atoms with van der Waals surface area (Å²) in [5.41, 5.74) is 0. The van der Waals surface area contributed by atoms with Gasteiger partial charge in [0, 0.05) is 13.1 Å². The van der Waals surface area contributed by atoms with Gasteiger partial charge in [0.15, 0.2) is 0 Å². The maximum atomic E-state index is 11.1. The van der Waals surface area contributed by atoms with E-state index in [2.05, 4.69) is 17.3 Å². The highest BCUT2D eigenvalue weighted by molar-refractivity contribution is 5.79. The molecule has 1 aliphatic rings. The van der Waals surface area contributed by atoms with E-state index in [1.165, 1.54) is 19.8 Å². The van der Waals surface area contributed by atoms with Crippen molar-refractivity contribution in [3.05, 3.63) is 0 Å². The van der Waals surface area contributed by atoms with E-state index in [0.717, 1.165) is 13.1 Å². The van der Waals surface area contributed by atoms with Crippen molar-refractivity contribution in [2.45, 2.75) is 25.9 Å². The summed E-state index contributed by atoms with van der Waals surface area (Å²) in [6, 6.07) is 0. The van der Waals surface area contributed by atoms with Crippen molar-refractivity contribution in [1.82, 2.24) is 10.2 Å². The molecule has 1 fully saturated rings. The van der Waals surface area contributed by atoms with Gasteiger partial charge in [0.05, 0.1) is 0 Å². The second kappa shape index (κ2) is 5.32. The minimum absolute atomic E-state index is 0.266. The number of rotatable bonds is 3. The predicted molar refractivity (Wildman–Crippen MR) is 54.9 cm³/mol. The number of hydrogen-bond acceptors (Lipinski definition) is 3. The lowest BCUT2D eigenvalue weighted by molar-refractivity contribution is -0.128. The number of carbonyl (C=O) groups excluding carboxylic acids is 1. The monoisotopic (exact) mass is 200 g/mol. The summed E-state index contributed by atoms with van der Waals surface area (Å²) in [7, 11) is 2.10. The Morgan fingerprint density at radius 3 is 3.00 bits per heavy atom. The van der Waals surface area contributed by atoms with Gasteiger partial charge in [0.1, 0.15) is 6.10 Å². The molecule has 1 amide bonds. The molecule has 2 atom stereocenters. The topological polar surface area (TPSA) is 52.6 Å². The molecule has 2 unspecified atom stereocenters. The van der Waals surface area contributed by atoms with Crippen molar-refractivity contribution in [2.24, 2.45) is 5.92 Å². The fourth-order valence-electron chi connectivity index (χ4n) is 1.83. The number of carbonyl (C=O) groups is 1. The molecule has 0 radical (unpaired) electrons. The van der Waals surface area contributed by atoms with Crippen molar-refractivity contribution in [2.75, 3.05) is 26.7 Å². The molecule has 0 aromatic carbocycles. The van der Waals surface area contributed by atoms with Crippen LogP contribution in [0, 0.1) is 5.92 Å². The third-order valence-corrected chi connectivity index (χ3v) is 2.67. The zero-order chi connectivity index (χ0) is 10.6. The molecule has 0 saturated carbocycles. The van der Waals surface area contributed by atoms with Gasteiger partial charge in [-0.2, -0.15) is 0 Å². The Morgan fingerprint density at radius 1 is 1.71 bits per heavy atom. The highest BCUT2D eigenvalue weighted by atomic mass is 16.3. The third-order valence-electron chi connectivity index (χ3n) is 2.67. The van der Waals surface area contributed by atoms with Crippen molar-refractivity contribution in [3.8, 4) is 0 Å². The van der Waals surface area contributed by atoms with Crippen LogP contribution in [0.25, 0.3) is 0 Å². The van der Waals surface area contributed by atoms with E-state index in [4.69, 9.17) is 5.11 Å². The quantitative estimate of drug-likeness (QED) is 0.665. The van der Waals surface area contributed by atoms with Gasteiger partial charge in [-0.25, -0.2) is 0 Å². The Balaban J connectivity index is 2.20. The van der Waals surface area contributed by atoms with Crippen LogP contribution in [-0.2, 0) is 4.79 Å². The second-order valence-corrected chi connectivity index (χ2v) is 4.19. The summed E-state index contributed by atoms with van der Waals surface area (Å²) in [5, 5.41) is 11.7. The standard InChI is InChI=1S/C10H20N2O2/c1-8(13)10(14)11-6-9-4-3-5-12(2)7-9/h8-9,13H,3-7H2,1-2H3,(H,11,14). The van der Waals surface area contributed by atoms with Crippen molar-refractivity contribution < 1.29 is 9.90 Å². The minimum atomic E-state index is -0.892. The Labute approximate surface area is 85.3 Å². The molecule has 0 aliphatic carbocycles. The average molecular weight is 200 g/mol. The number of amides is 1. The van der Waals surface area contributed by atoms with Gasteiger partial charge in [-0.3, -0.25) is 4.79 Å². The molecule has 1 saturated heterocycles. The Hall–Kier alpha value is -0.610. The second-order valence-electron chi connectivity index (χ2n) is 4.19. The SMILES string of the molecule is CC(O)C(=O)NCC1CCCN(C)C1. The molecular weight excluding hydrogens is 180 g/mol. The van der Waals surface area contributed by atoms with Crippen LogP contribution in [0.2, 0.25) is 0 Å². The molecule has 4 nitrogen and oxygen atoms in total. The average Bonchev–Trinajstić information content (AvgIpc) is 2.14. The lowest BCUT2D eigenvalue weighted by Crippen LogP contribution is -2.41. The summed E-state index contributed by atoms with van der Waals surface area (Å²) in [6.07, 6.45) is 1.48. The number of hydrogen-bond donors (Lipinski definition) is 2. The van der Waals surface area contributed by atoms with Gasteiger partial charge >= 0.3 is 0 Å². The molecule has 1 aliphatic heterocycles. The first-order chi connectivity index (χ1) is 6.59. The van der Waals surface area contributed by atoms with E-state index >= 15 is 0 Å².